The molecule has 5 nitrogen and oxygen atoms in total. The van der Waals surface area contributed by atoms with Crippen molar-refractivity contribution in [2.75, 3.05) is 18.4 Å². The van der Waals surface area contributed by atoms with E-state index in [0.717, 1.165) is 12.8 Å². The Bertz CT molecular complexity index is 430. The Morgan fingerprint density at radius 3 is 2.61 bits per heavy atom. The first-order chi connectivity index (χ1) is 8.47. The van der Waals surface area contributed by atoms with Gasteiger partial charge in [0.2, 0.25) is 16.0 Å². The summed E-state index contributed by atoms with van der Waals surface area (Å²) < 4.78 is 36.6. The Hall–Kier alpha value is -1.38. The smallest absolute Gasteiger partial charge is 0.358 e. The summed E-state index contributed by atoms with van der Waals surface area (Å²) in [4.78, 5) is 11.2. The normalized spacial score (nSPS) is 15.5. The topological polar surface area (TPSA) is 66.9 Å². The van der Waals surface area contributed by atoms with Gasteiger partial charge in [-0.15, -0.1) is 10.2 Å². The fourth-order valence-corrected chi connectivity index (χ4v) is 1.89. The first kappa shape index (κ1) is 13.1. The Morgan fingerprint density at radius 2 is 2.06 bits per heavy atom. The van der Waals surface area contributed by atoms with E-state index in [1.54, 1.807) is 0 Å². The predicted octanol–water partition coefficient (Wildman–Crippen LogP) is 1.49. The quantitative estimate of drug-likeness (QED) is 0.802. The van der Waals surface area contributed by atoms with Crippen molar-refractivity contribution in [1.29, 1.82) is 0 Å². The van der Waals surface area contributed by atoms with Crippen LogP contribution in [0.4, 0.5) is 18.3 Å². The minimum absolute atomic E-state index is 0.00467. The summed E-state index contributed by atoms with van der Waals surface area (Å²) in [6.07, 6.45) is -2.62. The molecule has 0 saturated heterocycles. The van der Waals surface area contributed by atoms with E-state index in [1.807, 2.05) is 0 Å². The third-order valence-electron chi connectivity index (χ3n) is 2.32. The second-order valence-corrected chi connectivity index (χ2v) is 4.88. The van der Waals surface area contributed by atoms with Gasteiger partial charge in [-0.3, -0.25) is 4.79 Å². The molecule has 0 bridgehead atoms. The molecule has 1 heterocycles. The lowest BCUT2D eigenvalue weighted by molar-refractivity contribution is -0.138. The molecule has 0 radical (unpaired) electrons. The molecule has 1 aliphatic carbocycles. The highest BCUT2D eigenvalue weighted by molar-refractivity contribution is 7.15. The molecular formula is C9H11F3N4OS. The van der Waals surface area contributed by atoms with Gasteiger partial charge < -0.3 is 10.6 Å². The van der Waals surface area contributed by atoms with Crippen molar-refractivity contribution in [2.24, 2.45) is 5.92 Å². The maximum Gasteiger partial charge on any atom is 0.445 e. The summed E-state index contributed by atoms with van der Waals surface area (Å²) in [6.45, 7) is 0.682. The molecule has 1 amide bonds. The van der Waals surface area contributed by atoms with Gasteiger partial charge in [0, 0.05) is 19.0 Å². The molecule has 1 saturated carbocycles. The average molecular weight is 280 g/mol. The van der Waals surface area contributed by atoms with Crippen LogP contribution in [0.1, 0.15) is 17.8 Å². The second kappa shape index (κ2) is 5.09. The van der Waals surface area contributed by atoms with Gasteiger partial charge in [-0.2, -0.15) is 13.2 Å². The Balaban J connectivity index is 1.70. The molecular weight excluding hydrogens is 269 g/mol. The molecule has 100 valence electrons. The largest absolute Gasteiger partial charge is 0.445 e. The summed E-state index contributed by atoms with van der Waals surface area (Å²) in [5.74, 6) is 0.133. The number of rotatable bonds is 5. The van der Waals surface area contributed by atoms with E-state index in [2.05, 4.69) is 20.8 Å². The van der Waals surface area contributed by atoms with Crippen LogP contribution in [-0.2, 0) is 11.0 Å². The molecule has 9 heteroatoms. The average Bonchev–Trinajstić information content (AvgIpc) is 3.02. The Kier molecular flexibility index (Phi) is 3.69. The number of nitrogens with zero attached hydrogens (tertiary/aromatic N) is 2. The molecule has 0 atom stereocenters. The van der Waals surface area contributed by atoms with E-state index in [1.165, 1.54) is 0 Å². The lowest BCUT2D eigenvalue weighted by Gasteiger charge is -2.04. The SMILES string of the molecule is O=C(NCCNc1nnc(C(F)(F)F)s1)C1CC1. The molecule has 0 unspecified atom stereocenters. The van der Waals surface area contributed by atoms with Gasteiger partial charge in [0.05, 0.1) is 0 Å². The van der Waals surface area contributed by atoms with Crippen LogP contribution in [0, 0.1) is 5.92 Å². The van der Waals surface area contributed by atoms with Crippen molar-refractivity contribution in [3.63, 3.8) is 0 Å². The van der Waals surface area contributed by atoms with Crippen LogP contribution in [0.3, 0.4) is 0 Å². The summed E-state index contributed by atoms with van der Waals surface area (Å²) in [5.41, 5.74) is 0. The minimum atomic E-state index is -4.46. The maximum absolute atomic E-state index is 12.2. The van der Waals surface area contributed by atoms with Gasteiger partial charge in [0.15, 0.2) is 0 Å². The van der Waals surface area contributed by atoms with Crippen LogP contribution in [0.25, 0.3) is 0 Å². The van der Waals surface area contributed by atoms with Crippen LogP contribution in [-0.4, -0.2) is 29.2 Å². The molecule has 1 aromatic heterocycles. The summed E-state index contributed by atoms with van der Waals surface area (Å²) in [7, 11) is 0. The highest BCUT2D eigenvalue weighted by atomic mass is 32.1. The number of halogens is 3. The van der Waals surface area contributed by atoms with Gasteiger partial charge in [-0.05, 0) is 12.8 Å². The number of anilines is 1. The maximum atomic E-state index is 12.2. The molecule has 1 aromatic rings. The van der Waals surface area contributed by atoms with Crippen molar-refractivity contribution in [3.05, 3.63) is 5.01 Å². The Morgan fingerprint density at radius 1 is 1.33 bits per heavy atom. The monoisotopic (exact) mass is 280 g/mol. The lowest BCUT2D eigenvalue weighted by Crippen LogP contribution is -2.29. The van der Waals surface area contributed by atoms with Crippen LogP contribution >= 0.6 is 11.3 Å². The number of carbonyl (C=O) groups excluding carboxylic acids is 1. The zero-order chi connectivity index (χ0) is 13.2. The number of carbonyl (C=O) groups is 1. The Labute approximate surface area is 105 Å². The van der Waals surface area contributed by atoms with Crippen LogP contribution in [0.5, 0.6) is 0 Å². The van der Waals surface area contributed by atoms with Crippen LogP contribution in [0.15, 0.2) is 0 Å². The highest BCUT2D eigenvalue weighted by Crippen LogP contribution is 2.32. The van der Waals surface area contributed by atoms with E-state index >= 15 is 0 Å². The van der Waals surface area contributed by atoms with Crippen LogP contribution in [0.2, 0.25) is 0 Å². The number of hydrogen-bond donors (Lipinski definition) is 2. The van der Waals surface area contributed by atoms with Crippen molar-refractivity contribution in [3.8, 4) is 0 Å². The molecule has 18 heavy (non-hydrogen) atoms. The molecule has 1 aliphatic rings. The summed E-state index contributed by atoms with van der Waals surface area (Å²) in [6, 6.07) is 0. The number of nitrogens with one attached hydrogen (secondary N) is 2. The van der Waals surface area contributed by atoms with Crippen molar-refractivity contribution >= 4 is 22.4 Å². The first-order valence-corrected chi connectivity index (χ1v) is 6.21. The second-order valence-electron chi connectivity index (χ2n) is 3.90. The first-order valence-electron chi connectivity index (χ1n) is 5.39. The van der Waals surface area contributed by atoms with Gasteiger partial charge in [-0.25, -0.2) is 0 Å². The summed E-state index contributed by atoms with van der Waals surface area (Å²) >= 11 is 0.446. The third-order valence-corrected chi connectivity index (χ3v) is 3.24. The van der Waals surface area contributed by atoms with E-state index in [-0.39, 0.29) is 17.0 Å². The molecule has 0 aliphatic heterocycles. The molecule has 1 fully saturated rings. The summed E-state index contributed by atoms with van der Waals surface area (Å²) in [5, 5.41) is 10.9. The third kappa shape index (κ3) is 3.56. The fraction of sp³-hybridized carbons (Fsp3) is 0.667. The van der Waals surface area contributed by atoms with Gasteiger partial charge in [-0.1, -0.05) is 11.3 Å². The number of hydrogen-bond acceptors (Lipinski definition) is 5. The van der Waals surface area contributed by atoms with E-state index in [0.29, 0.717) is 24.4 Å². The standard InChI is InChI=1S/C9H11F3N4OS/c10-9(11,12)7-15-16-8(18-7)14-4-3-13-6(17)5-1-2-5/h5H,1-4H2,(H,13,17)(H,14,16). The number of alkyl halides is 3. The van der Waals surface area contributed by atoms with Gasteiger partial charge in [0.25, 0.3) is 0 Å². The van der Waals surface area contributed by atoms with Crippen molar-refractivity contribution in [2.45, 2.75) is 19.0 Å². The fourth-order valence-electron chi connectivity index (χ4n) is 1.25. The predicted molar refractivity (Wildman–Crippen MR) is 59.1 cm³/mol. The molecule has 0 spiro atoms. The van der Waals surface area contributed by atoms with E-state index in [9.17, 15) is 18.0 Å². The zero-order valence-corrected chi connectivity index (χ0v) is 10.1. The van der Waals surface area contributed by atoms with E-state index < -0.39 is 11.2 Å². The van der Waals surface area contributed by atoms with E-state index in [4.69, 9.17) is 0 Å². The number of amides is 1. The number of aromatic nitrogens is 2. The molecule has 2 N–H and O–H groups in total. The van der Waals surface area contributed by atoms with Crippen molar-refractivity contribution < 1.29 is 18.0 Å². The van der Waals surface area contributed by atoms with Gasteiger partial charge >= 0.3 is 6.18 Å². The minimum Gasteiger partial charge on any atom is -0.358 e. The van der Waals surface area contributed by atoms with Gasteiger partial charge in [0.1, 0.15) is 0 Å². The van der Waals surface area contributed by atoms with Crippen LogP contribution < -0.4 is 10.6 Å². The zero-order valence-electron chi connectivity index (χ0n) is 9.25. The molecule has 2 rings (SSSR count). The highest BCUT2D eigenvalue weighted by Gasteiger charge is 2.35. The van der Waals surface area contributed by atoms with Crippen molar-refractivity contribution in [1.82, 2.24) is 15.5 Å². The molecule has 0 aromatic carbocycles. The lowest BCUT2D eigenvalue weighted by atomic mass is 10.4.